The number of nitrogens with zero attached hydrogens (tertiary/aromatic N) is 2. The van der Waals surface area contributed by atoms with Gasteiger partial charge in [-0.2, -0.15) is 0 Å². The molecule has 1 heterocycles. The van der Waals surface area contributed by atoms with Crippen molar-refractivity contribution in [3.8, 4) is 0 Å². The molecule has 21 heavy (non-hydrogen) atoms. The standard InChI is InChI=1S/C15H21ClN2O3/c1-5-7-11-8-10(9-12(16)17-11)13(19)18(6-2)15(3,4)14(20)21/h8-9H,5-7H2,1-4H3,(H,20,21). The summed E-state index contributed by atoms with van der Waals surface area (Å²) in [5, 5.41) is 9.54. The minimum atomic E-state index is -1.29. The van der Waals surface area contributed by atoms with E-state index in [2.05, 4.69) is 4.98 Å². The van der Waals surface area contributed by atoms with E-state index in [0.717, 1.165) is 18.5 Å². The number of aromatic nitrogens is 1. The van der Waals surface area contributed by atoms with Crippen molar-refractivity contribution in [2.24, 2.45) is 0 Å². The quantitative estimate of drug-likeness (QED) is 0.820. The van der Waals surface area contributed by atoms with Crippen LogP contribution in [0.4, 0.5) is 0 Å². The molecule has 0 fully saturated rings. The van der Waals surface area contributed by atoms with Crippen LogP contribution in [0.2, 0.25) is 5.15 Å². The summed E-state index contributed by atoms with van der Waals surface area (Å²) in [6.45, 7) is 7.06. The summed E-state index contributed by atoms with van der Waals surface area (Å²) < 4.78 is 0. The van der Waals surface area contributed by atoms with Crippen molar-refractivity contribution >= 4 is 23.5 Å². The minimum Gasteiger partial charge on any atom is -0.480 e. The van der Waals surface area contributed by atoms with Crippen LogP contribution in [0.25, 0.3) is 0 Å². The monoisotopic (exact) mass is 312 g/mol. The summed E-state index contributed by atoms with van der Waals surface area (Å²) in [5.74, 6) is -1.40. The zero-order valence-electron chi connectivity index (χ0n) is 12.8. The molecule has 0 unspecified atom stereocenters. The Balaban J connectivity index is 3.19. The van der Waals surface area contributed by atoms with E-state index in [-0.39, 0.29) is 11.1 Å². The lowest BCUT2D eigenvalue weighted by Crippen LogP contribution is -2.52. The van der Waals surface area contributed by atoms with Gasteiger partial charge >= 0.3 is 5.97 Å². The van der Waals surface area contributed by atoms with E-state index >= 15 is 0 Å². The van der Waals surface area contributed by atoms with Gasteiger partial charge in [-0.3, -0.25) is 4.79 Å². The Bertz CT molecular complexity index is 544. The molecule has 1 N–H and O–H groups in total. The molecule has 0 radical (unpaired) electrons. The van der Waals surface area contributed by atoms with Crippen LogP contribution >= 0.6 is 11.6 Å². The van der Waals surface area contributed by atoms with Crippen LogP contribution in [-0.4, -0.2) is 39.0 Å². The highest BCUT2D eigenvalue weighted by molar-refractivity contribution is 6.29. The van der Waals surface area contributed by atoms with E-state index in [1.165, 1.54) is 24.8 Å². The van der Waals surface area contributed by atoms with Crippen molar-refractivity contribution in [2.75, 3.05) is 6.54 Å². The van der Waals surface area contributed by atoms with Gasteiger partial charge in [0.2, 0.25) is 0 Å². The maximum Gasteiger partial charge on any atom is 0.329 e. The molecular formula is C15H21ClN2O3. The molecule has 0 aliphatic rings. The molecule has 1 amide bonds. The maximum atomic E-state index is 12.6. The number of hydrogen-bond donors (Lipinski definition) is 1. The van der Waals surface area contributed by atoms with Crippen molar-refractivity contribution in [1.82, 2.24) is 9.88 Å². The second kappa shape index (κ2) is 6.89. The number of carboxylic acids is 1. The lowest BCUT2D eigenvalue weighted by Gasteiger charge is -2.34. The van der Waals surface area contributed by atoms with Gasteiger partial charge in [-0.05, 0) is 39.3 Å². The first-order chi connectivity index (χ1) is 9.73. The van der Waals surface area contributed by atoms with Gasteiger partial charge in [-0.1, -0.05) is 24.9 Å². The van der Waals surface area contributed by atoms with Crippen molar-refractivity contribution in [1.29, 1.82) is 0 Å². The SMILES string of the molecule is CCCc1cc(C(=O)N(CC)C(C)(C)C(=O)O)cc(Cl)n1. The number of likely N-dealkylation sites (N-methyl/N-ethyl adjacent to an activating group) is 1. The van der Waals surface area contributed by atoms with Gasteiger partial charge in [0.25, 0.3) is 5.91 Å². The smallest absolute Gasteiger partial charge is 0.329 e. The van der Waals surface area contributed by atoms with Crippen LogP contribution in [0.15, 0.2) is 12.1 Å². The fraction of sp³-hybridized carbons (Fsp3) is 0.533. The zero-order valence-corrected chi connectivity index (χ0v) is 13.6. The second-order valence-electron chi connectivity index (χ2n) is 5.33. The van der Waals surface area contributed by atoms with E-state index in [1.54, 1.807) is 13.0 Å². The molecule has 5 nitrogen and oxygen atoms in total. The third-order valence-electron chi connectivity index (χ3n) is 3.36. The third kappa shape index (κ3) is 3.94. The third-order valence-corrected chi connectivity index (χ3v) is 3.55. The van der Waals surface area contributed by atoms with Crippen LogP contribution < -0.4 is 0 Å². The zero-order chi connectivity index (χ0) is 16.2. The van der Waals surface area contributed by atoms with Crippen molar-refractivity contribution in [2.45, 2.75) is 46.1 Å². The first-order valence-corrected chi connectivity index (χ1v) is 7.33. The topological polar surface area (TPSA) is 70.5 Å². The Morgan fingerprint density at radius 3 is 2.43 bits per heavy atom. The minimum absolute atomic E-state index is 0.244. The van der Waals surface area contributed by atoms with Crippen LogP contribution in [0.1, 0.15) is 50.2 Å². The molecule has 1 rings (SSSR count). The molecule has 0 atom stereocenters. The first kappa shape index (κ1) is 17.4. The summed E-state index contributed by atoms with van der Waals surface area (Å²) in [6, 6.07) is 3.15. The number of aryl methyl sites for hydroxylation is 1. The molecule has 6 heteroatoms. The van der Waals surface area contributed by atoms with Crippen LogP contribution in [0.5, 0.6) is 0 Å². The molecule has 0 aliphatic carbocycles. The lowest BCUT2D eigenvalue weighted by molar-refractivity contribution is -0.147. The van der Waals surface area contributed by atoms with Crippen LogP contribution in [0.3, 0.4) is 0 Å². The Kier molecular flexibility index (Phi) is 5.72. The highest BCUT2D eigenvalue weighted by Crippen LogP contribution is 2.20. The molecule has 1 aromatic heterocycles. The van der Waals surface area contributed by atoms with Gasteiger partial charge in [-0.25, -0.2) is 9.78 Å². The second-order valence-corrected chi connectivity index (χ2v) is 5.72. The summed E-state index contributed by atoms with van der Waals surface area (Å²) in [4.78, 5) is 29.5. The van der Waals surface area contributed by atoms with E-state index in [9.17, 15) is 14.7 Å². The predicted molar refractivity (Wildman–Crippen MR) is 81.7 cm³/mol. The van der Waals surface area contributed by atoms with E-state index in [1.807, 2.05) is 6.92 Å². The molecule has 1 aromatic rings. The number of aliphatic carboxylic acids is 1. The normalized spacial score (nSPS) is 11.3. The molecule has 0 aliphatic heterocycles. The molecule has 0 saturated carbocycles. The van der Waals surface area contributed by atoms with E-state index in [4.69, 9.17) is 11.6 Å². The Hall–Kier alpha value is -1.62. The summed E-state index contributed by atoms with van der Waals surface area (Å²) in [5.41, 5.74) is -0.181. The number of carboxylic acid groups (broad SMARTS) is 1. The van der Waals surface area contributed by atoms with Gasteiger partial charge in [-0.15, -0.1) is 0 Å². The van der Waals surface area contributed by atoms with E-state index < -0.39 is 11.5 Å². The molecular weight excluding hydrogens is 292 g/mol. The average Bonchev–Trinajstić information content (AvgIpc) is 2.38. The van der Waals surface area contributed by atoms with Gasteiger partial charge < -0.3 is 10.0 Å². The summed E-state index contributed by atoms with van der Waals surface area (Å²) >= 11 is 5.96. The molecule has 0 bridgehead atoms. The number of halogens is 1. The summed E-state index contributed by atoms with van der Waals surface area (Å²) in [7, 11) is 0. The first-order valence-electron chi connectivity index (χ1n) is 6.95. The Morgan fingerprint density at radius 2 is 1.95 bits per heavy atom. The fourth-order valence-corrected chi connectivity index (χ4v) is 2.35. The number of carbonyl (C=O) groups excluding carboxylic acids is 1. The van der Waals surface area contributed by atoms with Crippen molar-refractivity contribution < 1.29 is 14.7 Å². The number of hydrogen-bond acceptors (Lipinski definition) is 3. The summed E-state index contributed by atoms with van der Waals surface area (Å²) in [6.07, 6.45) is 1.61. The Labute approximate surface area is 129 Å². The number of pyridine rings is 1. The van der Waals surface area contributed by atoms with Crippen LogP contribution in [-0.2, 0) is 11.2 Å². The highest BCUT2D eigenvalue weighted by Gasteiger charge is 2.37. The van der Waals surface area contributed by atoms with Crippen molar-refractivity contribution in [3.05, 3.63) is 28.5 Å². The molecule has 0 aromatic carbocycles. The maximum absolute atomic E-state index is 12.6. The number of amides is 1. The molecule has 0 spiro atoms. The predicted octanol–water partition coefficient (Wildman–Crippen LogP) is 3.01. The Morgan fingerprint density at radius 1 is 1.33 bits per heavy atom. The fourth-order valence-electron chi connectivity index (χ4n) is 2.12. The molecule has 0 saturated heterocycles. The van der Waals surface area contributed by atoms with E-state index in [0.29, 0.717) is 12.1 Å². The van der Waals surface area contributed by atoms with Gasteiger partial charge in [0.05, 0.1) is 0 Å². The average molecular weight is 313 g/mol. The number of rotatable bonds is 6. The number of carbonyl (C=O) groups is 2. The van der Waals surface area contributed by atoms with Gasteiger partial charge in [0, 0.05) is 17.8 Å². The highest BCUT2D eigenvalue weighted by atomic mass is 35.5. The largest absolute Gasteiger partial charge is 0.480 e. The van der Waals surface area contributed by atoms with Gasteiger partial charge in [0.1, 0.15) is 10.7 Å². The van der Waals surface area contributed by atoms with Gasteiger partial charge in [0.15, 0.2) is 0 Å². The van der Waals surface area contributed by atoms with Crippen molar-refractivity contribution in [3.63, 3.8) is 0 Å². The van der Waals surface area contributed by atoms with Crippen LogP contribution in [0, 0.1) is 0 Å². The molecule has 116 valence electrons. The lowest BCUT2D eigenvalue weighted by atomic mass is 10.0.